The molecule has 2 aromatic carbocycles. The highest BCUT2D eigenvalue weighted by atomic mass is 16.6. The van der Waals surface area contributed by atoms with Crippen molar-refractivity contribution in [2.45, 2.75) is 26.2 Å². The molecule has 0 saturated heterocycles. The Balaban J connectivity index is 0.871. The molecule has 3 heterocycles. The number of aliphatic hydroxyl groups excluding tert-OH is 1. The monoisotopic (exact) mass is 792 g/mol. The molecule has 0 radical (unpaired) electrons. The lowest BCUT2D eigenvalue weighted by Crippen LogP contribution is -2.33. The van der Waals surface area contributed by atoms with Crippen molar-refractivity contribution in [3.05, 3.63) is 116 Å². The number of nitriles is 1. The fourth-order valence-corrected chi connectivity index (χ4v) is 5.31. The van der Waals surface area contributed by atoms with Crippen LogP contribution in [0.2, 0.25) is 0 Å². The molecule has 0 aliphatic carbocycles. The minimum absolute atomic E-state index is 0.0679. The van der Waals surface area contributed by atoms with E-state index < -0.39 is 23.6 Å². The van der Waals surface area contributed by atoms with Gasteiger partial charge in [0.1, 0.15) is 30.6 Å². The number of aliphatic hydroxyl groups is 1. The molecule has 4 aromatic rings. The van der Waals surface area contributed by atoms with E-state index in [0.717, 1.165) is 22.4 Å². The molecule has 0 amide bonds. The maximum Gasteiger partial charge on any atom is 0.330 e. The van der Waals surface area contributed by atoms with Crippen LogP contribution in [0.4, 0.5) is 11.6 Å². The predicted molar refractivity (Wildman–Crippen MR) is 212 cm³/mol. The van der Waals surface area contributed by atoms with Gasteiger partial charge in [-0.15, -0.1) is 0 Å². The summed E-state index contributed by atoms with van der Waals surface area (Å²) in [5.74, 6) is 13.1. The Kier molecular flexibility index (Phi) is 17.2. The number of aromatic nitrogens is 4. The highest BCUT2D eigenvalue weighted by molar-refractivity contribution is 5.55. The van der Waals surface area contributed by atoms with Crippen molar-refractivity contribution < 1.29 is 38.3 Å². The van der Waals surface area contributed by atoms with E-state index in [2.05, 4.69) is 50.0 Å². The highest BCUT2D eigenvalue weighted by Gasteiger charge is 2.21. The molecule has 2 atom stereocenters. The van der Waals surface area contributed by atoms with Gasteiger partial charge in [-0.1, -0.05) is 29.8 Å². The first-order valence-electron chi connectivity index (χ1n) is 18.4. The second-order valence-electron chi connectivity index (χ2n) is 12.5. The summed E-state index contributed by atoms with van der Waals surface area (Å²) in [6.45, 7) is 7.10. The van der Waals surface area contributed by atoms with Gasteiger partial charge in [-0.05, 0) is 67.4 Å². The summed E-state index contributed by atoms with van der Waals surface area (Å²) in [4.78, 5) is 35.2. The fraction of sp³-hybridized carbons (Fsp3) is 0.357. The van der Waals surface area contributed by atoms with E-state index >= 15 is 0 Å². The Morgan fingerprint density at radius 1 is 0.845 bits per heavy atom. The van der Waals surface area contributed by atoms with Gasteiger partial charge in [0.25, 0.3) is 5.56 Å². The van der Waals surface area contributed by atoms with Crippen LogP contribution >= 0.6 is 0 Å². The Hall–Kier alpha value is -6.13. The first-order valence-corrected chi connectivity index (χ1v) is 18.4. The quantitative estimate of drug-likeness (QED) is 0.0669. The molecule has 1 aliphatic rings. The second-order valence-corrected chi connectivity index (χ2v) is 12.5. The van der Waals surface area contributed by atoms with E-state index in [1.807, 2.05) is 26.0 Å². The van der Waals surface area contributed by atoms with Crippen molar-refractivity contribution >= 4 is 11.6 Å². The summed E-state index contributed by atoms with van der Waals surface area (Å²) >= 11 is 0. The topological polar surface area (TPSA) is 201 Å². The molecule has 0 fully saturated rings. The summed E-state index contributed by atoms with van der Waals surface area (Å²) in [6.07, 6.45) is 4.95. The number of hydrogen-bond donors (Lipinski definition) is 3. The summed E-state index contributed by atoms with van der Waals surface area (Å²) in [7, 11) is 0. The number of nitrogens with zero attached hydrogens (tertiary/aromatic N) is 4. The van der Waals surface area contributed by atoms with Crippen LogP contribution in [0.25, 0.3) is 0 Å². The van der Waals surface area contributed by atoms with E-state index in [4.69, 9.17) is 38.4 Å². The standard InChI is InChI=1S/C42H44N6O10/c1-30-25-33(26-31(2)39(30)58-37-13-14-44-41(46-37)45-35-9-7-32(27-43)8-10-35)5-3-15-52-17-19-54-21-23-56-24-22-55-20-18-53-16-4-6-34-28-48(42(51)47-40(34)50)38-12-11-36(29-49)57-38/h7-14,25-26,28,36,38,49H,15-24,29H2,1-2H3,(H,44,45,46)(H,47,50,51)/t36-,38+/m0/s1. The second kappa shape index (κ2) is 23.2. The molecule has 0 bridgehead atoms. The Morgan fingerprint density at radius 3 is 2.07 bits per heavy atom. The molecule has 0 spiro atoms. The zero-order valence-electron chi connectivity index (χ0n) is 32.2. The zero-order valence-corrected chi connectivity index (χ0v) is 32.2. The van der Waals surface area contributed by atoms with Crippen LogP contribution < -0.4 is 21.3 Å². The molecule has 16 heteroatoms. The third kappa shape index (κ3) is 13.8. The van der Waals surface area contributed by atoms with Gasteiger partial charge in [0.2, 0.25) is 11.8 Å². The smallest absolute Gasteiger partial charge is 0.330 e. The van der Waals surface area contributed by atoms with Crippen molar-refractivity contribution in [1.82, 2.24) is 19.5 Å². The van der Waals surface area contributed by atoms with Crippen LogP contribution in [0.15, 0.2) is 76.6 Å². The molecular weight excluding hydrogens is 748 g/mol. The van der Waals surface area contributed by atoms with Gasteiger partial charge in [0, 0.05) is 29.7 Å². The van der Waals surface area contributed by atoms with Crippen molar-refractivity contribution in [1.29, 1.82) is 5.26 Å². The highest BCUT2D eigenvalue weighted by Crippen LogP contribution is 2.29. The average Bonchev–Trinajstić information content (AvgIpc) is 3.70. The zero-order chi connectivity index (χ0) is 41.0. The van der Waals surface area contributed by atoms with Crippen LogP contribution in [0.5, 0.6) is 11.6 Å². The number of H-pyrrole nitrogens is 1. The van der Waals surface area contributed by atoms with Gasteiger partial charge < -0.3 is 43.6 Å². The molecule has 302 valence electrons. The Bertz CT molecular complexity index is 2260. The van der Waals surface area contributed by atoms with Gasteiger partial charge >= 0.3 is 5.69 Å². The molecule has 1 aliphatic heterocycles. The van der Waals surface area contributed by atoms with Gasteiger partial charge in [0.05, 0.1) is 71.1 Å². The molecule has 16 nitrogen and oxygen atoms in total. The van der Waals surface area contributed by atoms with Crippen LogP contribution in [0.1, 0.15) is 34.0 Å². The third-order valence-corrected chi connectivity index (χ3v) is 8.09. The fourth-order valence-electron chi connectivity index (χ4n) is 5.31. The molecule has 0 saturated carbocycles. The normalized spacial score (nSPS) is 14.2. The molecular formula is C42H44N6O10. The molecule has 3 N–H and O–H groups in total. The molecule has 2 aromatic heterocycles. The number of anilines is 2. The number of aryl methyl sites for hydroxylation is 2. The summed E-state index contributed by atoms with van der Waals surface area (Å²) in [5.41, 5.74) is 2.83. The molecule has 5 rings (SSSR count). The molecule has 58 heavy (non-hydrogen) atoms. The van der Waals surface area contributed by atoms with Crippen molar-refractivity contribution in [2.75, 3.05) is 78.0 Å². The maximum atomic E-state index is 12.2. The van der Waals surface area contributed by atoms with E-state index in [-0.39, 0.29) is 25.4 Å². The minimum atomic E-state index is -0.736. The number of ether oxygens (including phenoxy) is 7. The SMILES string of the molecule is Cc1cc(C#CCOCCOCCOCCOCCOCC#Cc2cn([C@H]3C=C[C@@H](CO)O3)c(=O)[nH]c2=O)cc(C)c1Oc1ccnc(Nc2ccc(C#N)cc2)n1. The van der Waals surface area contributed by atoms with Crippen molar-refractivity contribution in [3.63, 3.8) is 0 Å². The average molecular weight is 793 g/mol. The number of benzene rings is 2. The van der Waals surface area contributed by atoms with Crippen LogP contribution in [-0.4, -0.2) is 103 Å². The third-order valence-electron chi connectivity index (χ3n) is 8.09. The van der Waals surface area contributed by atoms with Gasteiger partial charge in [-0.25, -0.2) is 9.78 Å². The van der Waals surface area contributed by atoms with Gasteiger partial charge in [-0.3, -0.25) is 14.3 Å². The largest absolute Gasteiger partial charge is 0.438 e. The lowest BCUT2D eigenvalue weighted by Gasteiger charge is -2.14. The van der Waals surface area contributed by atoms with Gasteiger partial charge in [0.15, 0.2) is 6.23 Å². The minimum Gasteiger partial charge on any atom is -0.438 e. The van der Waals surface area contributed by atoms with Crippen molar-refractivity contribution in [2.24, 2.45) is 0 Å². The summed E-state index contributed by atoms with van der Waals surface area (Å²) < 4.78 is 40.4. The lowest BCUT2D eigenvalue weighted by molar-refractivity contribution is -0.0103. The van der Waals surface area contributed by atoms with Crippen LogP contribution in [-0.2, 0) is 28.4 Å². The van der Waals surface area contributed by atoms with E-state index in [9.17, 15) is 14.7 Å². The first kappa shape index (κ1) is 43.0. The number of nitrogens with one attached hydrogen (secondary N) is 2. The summed E-state index contributed by atoms with van der Waals surface area (Å²) in [5, 5.41) is 21.3. The number of aromatic amines is 1. The molecule has 0 unspecified atom stereocenters. The summed E-state index contributed by atoms with van der Waals surface area (Å²) in [6, 6.07) is 14.7. The predicted octanol–water partition coefficient (Wildman–Crippen LogP) is 3.28. The van der Waals surface area contributed by atoms with E-state index in [0.29, 0.717) is 76.0 Å². The Labute approximate surface area is 335 Å². The first-order chi connectivity index (χ1) is 28.3. The van der Waals surface area contributed by atoms with Crippen molar-refractivity contribution in [3.8, 4) is 41.4 Å². The Morgan fingerprint density at radius 2 is 1.47 bits per heavy atom. The van der Waals surface area contributed by atoms with Crippen LogP contribution in [0, 0.1) is 48.9 Å². The van der Waals surface area contributed by atoms with E-state index in [1.54, 1.807) is 48.7 Å². The van der Waals surface area contributed by atoms with Crippen LogP contribution in [0.3, 0.4) is 0 Å². The maximum absolute atomic E-state index is 12.2. The number of hydrogen-bond acceptors (Lipinski definition) is 14. The lowest BCUT2D eigenvalue weighted by atomic mass is 10.1. The van der Waals surface area contributed by atoms with Gasteiger partial charge in [-0.2, -0.15) is 10.2 Å². The number of rotatable bonds is 20. The van der Waals surface area contributed by atoms with E-state index in [1.165, 1.54) is 10.8 Å².